The summed E-state index contributed by atoms with van der Waals surface area (Å²) in [6, 6.07) is 0. The fraction of sp³-hybridized carbons (Fsp3) is 0.500. The van der Waals surface area contributed by atoms with Gasteiger partial charge >= 0.3 is 0 Å². The number of aliphatic imine (C=N–C) groups is 1. The van der Waals surface area contributed by atoms with Crippen LogP contribution in [0.25, 0.3) is 0 Å². The van der Waals surface area contributed by atoms with Crippen LogP contribution in [-0.2, 0) is 6.54 Å². The third kappa shape index (κ3) is 6.34. The molecule has 0 atom stereocenters. The summed E-state index contributed by atoms with van der Waals surface area (Å²) in [7, 11) is 0. The zero-order valence-electron chi connectivity index (χ0n) is 11.1. The number of rotatable bonds is 5. The summed E-state index contributed by atoms with van der Waals surface area (Å²) in [5.41, 5.74) is 7.86. The number of aromatic nitrogens is 1. The van der Waals surface area contributed by atoms with Crippen molar-refractivity contribution in [3.8, 4) is 0 Å². The van der Waals surface area contributed by atoms with Gasteiger partial charge in [0.05, 0.1) is 12.2 Å². The van der Waals surface area contributed by atoms with Gasteiger partial charge in [-0.05, 0) is 12.8 Å². The van der Waals surface area contributed by atoms with Crippen molar-refractivity contribution >= 4 is 41.3 Å². The molecule has 1 aromatic heterocycles. The van der Waals surface area contributed by atoms with Gasteiger partial charge in [0.1, 0.15) is 5.01 Å². The second kappa shape index (κ2) is 8.47. The predicted molar refractivity (Wildman–Crippen MR) is 89.8 cm³/mol. The van der Waals surface area contributed by atoms with Gasteiger partial charge in [-0.2, -0.15) is 0 Å². The summed E-state index contributed by atoms with van der Waals surface area (Å²) in [6.45, 7) is 11.2. The first-order valence-electron chi connectivity index (χ1n) is 5.61. The number of hydrogen-bond donors (Lipinski definition) is 2. The lowest BCUT2D eigenvalue weighted by Crippen LogP contribution is -2.32. The highest BCUT2D eigenvalue weighted by Gasteiger charge is 2.04. The molecule has 0 aromatic carbocycles. The molecule has 0 saturated carbocycles. The molecule has 0 radical (unpaired) electrons. The van der Waals surface area contributed by atoms with E-state index < -0.39 is 0 Å². The normalized spacial score (nSPS) is 11.2. The van der Waals surface area contributed by atoms with Crippen LogP contribution in [0.3, 0.4) is 0 Å². The van der Waals surface area contributed by atoms with Crippen LogP contribution in [-0.4, -0.2) is 17.5 Å². The van der Waals surface area contributed by atoms with Crippen molar-refractivity contribution in [1.29, 1.82) is 0 Å². The van der Waals surface area contributed by atoms with Gasteiger partial charge in [0.2, 0.25) is 0 Å². The smallest absolute Gasteiger partial charge is 0.189 e. The van der Waals surface area contributed by atoms with Gasteiger partial charge in [-0.3, -0.25) is 0 Å². The van der Waals surface area contributed by atoms with Crippen LogP contribution in [0.2, 0.25) is 0 Å². The Labute approximate surface area is 130 Å². The number of nitrogens with one attached hydrogen (secondary N) is 1. The Balaban J connectivity index is 0.00000289. The summed E-state index contributed by atoms with van der Waals surface area (Å²) in [6.07, 6.45) is 0. The molecular formula is C12H21IN4S. The van der Waals surface area contributed by atoms with Crippen LogP contribution >= 0.6 is 35.3 Å². The average molecular weight is 380 g/mol. The minimum atomic E-state index is 0. The van der Waals surface area contributed by atoms with Gasteiger partial charge in [-0.15, -0.1) is 35.3 Å². The van der Waals surface area contributed by atoms with Crippen LogP contribution in [0.15, 0.2) is 22.5 Å². The first-order valence-corrected chi connectivity index (χ1v) is 6.49. The van der Waals surface area contributed by atoms with Crippen LogP contribution in [0.4, 0.5) is 0 Å². The Hall–Kier alpha value is -0.630. The molecule has 0 fully saturated rings. The third-order valence-corrected chi connectivity index (χ3v) is 2.97. The Morgan fingerprint density at radius 2 is 2.28 bits per heavy atom. The molecule has 3 N–H and O–H groups in total. The van der Waals surface area contributed by atoms with E-state index in [4.69, 9.17) is 5.73 Å². The maximum atomic E-state index is 5.71. The van der Waals surface area contributed by atoms with Crippen LogP contribution in [0.1, 0.15) is 37.4 Å². The van der Waals surface area contributed by atoms with Gasteiger partial charge < -0.3 is 11.1 Å². The Morgan fingerprint density at radius 1 is 1.61 bits per heavy atom. The van der Waals surface area contributed by atoms with E-state index in [-0.39, 0.29) is 24.0 Å². The lowest BCUT2D eigenvalue weighted by Gasteiger charge is -2.03. The Kier molecular flexibility index (Phi) is 8.17. The zero-order valence-corrected chi connectivity index (χ0v) is 14.2. The van der Waals surface area contributed by atoms with Crippen molar-refractivity contribution in [2.24, 2.45) is 10.7 Å². The molecule has 18 heavy (non-hydrogen) atoms. The summed E-state index contributed by atoms with van der Waals surface area (Å²) < 4.78 is 0. The monoisotopic (exact) mass is 380 g/mol. The van der Waals surface area contributed by atoms with Gasteiger partial charge in [-0.25, -0.2) is 9.98 Å². The molecule has 0 aliphatic heterocycles. The zero-order chi connectivity index (χ0) is 12.8. The number of hydrogen-bond acceptors (Lipinski definition) is 3. The van der Waals surface area contributed by atoms with Crippen LogP contribution in [0, 0.1) is 0 Å². The molecule has 0 unspecified atom stereocenters. The molecule has 0 bridgehead atoms. The number of nitrogens with two attached hydrogens (primary N) is 1. The molecule has 0 aliphatic carbocycles. The van der Waals surface area contributed by atoms with Crippen LogP contribution in [0.5, 0.6) is 0 Å². The van der Waals surface area contributed by atoms with Crippen molar-refractivity contribution in [2.75, 3.05) is 6.54 Å². The minimum Gasteiger partial charge on any atom is -0.370 e. The standard InChI is InChI=1S/C12H20N4S.HI/c1-8(2)5-14-12(13)15-6-11-16-10(7-17-11)9(3)4;/h7,9H,1,5-6H2,2-4H3,(H3,13,14,15);1H. The molecule has 0 amide bonds. The highest BCUT2D eigenvalue weighted by atomic mass is 127. The molecule has 0 spiro atoms. The summed E-state index contributed by atoms with van der Waals surface area (Å²) in [5.74, 6) is 0.900. The summed E-state index contributed by atoms with van der Waals surface area (Å²) in [5, 5.41) is 6.06. The largest absolute Gasteiger partial charge is 0.370 e. The van der Waals surface area contributed by atoms with Crippen molar-refractivity contribution in [1.82, 2.24) is 10.3 Å². The number of thiazole rings is 1. The summed E-state index contributed by atoms with van der Waals surface area (Å²) in [4.78, 5) is 8.72. The number of halogens is 1. The molecule has 1 rings (SSSR count). The molecule has 0 aliphatic rings. The molecule has 6 heteroatoms. The fourth-order valence-corrected chi connectivity index (χ4v) is 1.99. The second-order valence-corrected chi connectivity index (χ2v) is 5.28. The fourth-order valence-electron chi connectivity index (χ4n) is 1.11. The minimum absolute atomic E-state index is 0. The van der Waals surface area contributed by atoms with E-state index in [1.54, 1.807) is 11.3 Å². The van der Waals surface area contributed by atoms with E-state index >= 15 is 0 Å². The quantitative estimate of drug-likeness (QED) is 0.357. The maximum Gasteiger partial charge on any atom is 0.189 e. The first-order chi connectivity index (χ1) is 7.99. The van der Waals surface area contributed by atoms with E-state index in [2.05, 4.69) is 41.1 Å². The van der Waals surface area contributed by atoms with E-state index in [1.165, 1.54) is 0 Å². The molecule has 0 saturated heterocycles. The van der Waals surface area contributed by atoms with E-state index in [9.17, 15) is 0 Å². The topological polar surface area (TPSA) is 63.3 Å². The van der Waals surface area contributed by atoms with Crippen LogP contribution < -0.4 is 11.1 Å². The molecular weight excluding hydrogens is 359 g/mol. The highest BCUT2D eigenvalue weighted by molar-refractivity contribution is 14.0. The molecule has 1 aromatic rings. The first kappa shape index (κ1) is 17.4. The highest BCUT2D eigenvalue weighted by Crippen LogP contribution is 2.18. The Morgan fingerprint density at radius 3 is 2.78 bits per heavy atom. The van der Waals surface area contributed by atoms with Gasteiger partial charge in [-0.1, -0.05) is 26.0 Å². The van der Waals surface area contributed by atoms with E-state index in [1.807, 2.05) is 6.92 Å². The predicted octanol–water partition coefficient (Wildman–Crippen LogP) is 2.86. The van der Waals surface area contributed by atoms with Crippen molar-refractivity contribution < 1.29 is 0 Å². The van der Waals surface area contributed by atoms with E-state index in [0.29, 0.717) is 25.0 Å². The molecule has 1 heterocycles. The van der Waals surface area contributed by atoms with Crippen molar-refractivity contribution in [2.45, 2.75) is 33.2 Å². The second-order valence-electron chi connectivity index (χ2n) is 4.33. The van der Waals surface area contributed by atoms with E-state index in [0.717, 1.165) is 16.3 Å². The maximum absolute atomic E-state index is 5.71. The molecule has 102 valence electrons. The lowest BCUT2D eigenvalue weighted by molar-refractivity contribution is 0.820. The van der Waals surface area contributed by atoms with Gasteiger partial charge in [0, 0.05) is 11.9 Å². The van der Waals surface area contributed by atoms with Gasteiger partial charge in [0.15, 0.2) is 5.96 Å². The third-order valence-electron chi connectivity index (χ3n) is 2.12. The Bertz CT molecular complexity index is 412. The van der Waals surface area contributed by atoms with Crippen molar-refractivity contribution in [3.05, 3.63) is 28.2 Å². The molecule has 4 nitrogen and oxygen atoms in total. The SMILES string of the molecule is C=C(C)CNC(N)=NCc1nc(C(C)C)cs1.I. The van der Waals surface area contributed by atoms with Crippen molar-refractivity contribution in [3.63, 3.8) is 0 Å². The summed E-state index contributed by atoms with van der Waals surface area (Å²) >= 11 is 1.63. The average Bonchev–Trinajstić information content (AvgIpc) is 2.72. The van der Waals surface area contributed by atoms with Gasteiger partial charge in [0.25, 0.3) is 0 Å². The lowest BCUT2D eigenvalue weighted by atomic mass is 10.2. The number of guanidine groups is 1. The number of nitrogens with zero attached hydrogens (tertiary/aromatic N) is 2.